The van der Waals surface area contributed by atoms with Gasteiger partial charge in [0.25, 0.3) is 0 Å². The van der Waals surface area contributed by atoms with E-state index in [1.54, 1.807) is 0 Å². The number of hydrogen-bond donors (Lipinski definition) is 1. The van der Waals surface area contributed by atoms with Gasteiger partial charge in [0.2, 0.25) is 0 Å². The second kappa shape index (κ2) is 6.06. The van der Waals surface area contributed by atoms with Crippen LogP contribution < -0.4 is 0 Å². The van der Waals surface area contributed by atoms with Crippen LogP contribution in [0.4, 0.5) is 0 Å². The Labute approximate surface area is 126 Å². The van der Waals surface area contributed by atoms with Crippen LogP contribution in [0.5, 0.6) is 0 Å². The highest BCUT2D eigenvalue weighted by Crippen LogP contribution is 2.41. The van der Waals surface area contributed by atoms with E-state index in [1.165, 1.54) is 6.42 Å². The lowest BCUT2D eigenvalue weighted by Gasteiger charge is -2.34. The van der Waals surface area contributed by atoms with Crippen LogP contribution in [-0.2, 0) is 0 Å². The molecule has 18 heavy (non-hydrogen) atoms. The van der Waals surface area contributed by atoms with E-state index in [1.807, 2.05) is 18.2 Å². The maximum Gasteiger partial charge on any atom is 0.0829 e. The Balaban J connectivity index is 2.17. The van der Waals surface area contributed by atoms with Crippen LogP contribution in [0.1, 0.15) is 44.8 Å². The minimum Gasteiger partial charge on any atom is -0.388 e. The number of aliphatic hydroxyl groups is 1. The van der Waals surface area contributed by atoms with E-state index >= 15 is 0 Å². The van der Waals surface area contributed by atoms with Gasteiger partial charge in [0.15, 0.2) is 0 Å². The summed E-state index contributed by atoms with van der Waals surface area (Å²) in [5.74, 6) is 1.84. The molecule has 1 aromatic rings. The van der Waals surface area contributed by atoms with Crippen LogP contribution in [0.2, 0.25) is 0 Å². The molecule has 0 radical (unpaired) electrons. The summed E-state index contributed by atoms with van der Waals surface area (Å²) < 4.78 is 2.03. The lowest BCUT2D eigenvalue weighted by Crippen LogP contribution is -2.24. The van der Waals surface area contributed by atoms with Gasteiger partial charge in [0.1, 0.15) is 0 Å². The van der Waals surface area contributed by atoms with Crippen molar-refractivity contribution in [1.82, 2.24) is 0 Å². The quantitative estimate of drug-likeness (QED) is 0.741. The molecule has 1 aliphatic rings. The first-order valence-electron chi connectivity index (χ1n) is 6.60. The third-order valence-corrected chi connectivity index (χ3v) is 5.12. The van der Waals surface area contributed by atoms with Crippen molar-refractivity contribution >= 4 is 31.9 Å². The van der Waals surface area contributed by atoms with Gasteiger partial charge in [-0.3, -0.25) is 0 Å². The van der Waals surface area contributed by atoms with Crippen LogP contribution >= 0.6 is 31.9 Å². The van der Waals surface area contributed by atoms with Crippen molar-refractivity contribution in [3.63, 3.8) is 0 Å². The van der Waals surface area contributed by atoms with E-state index in [9.17, 15) is 5.11 Å². The van der Waals surface area contributed by atoms with Gasteiger partial charge in [-0.2, -0.15) is 0 Å². The summed E-state index contributed by atoms with van der Waals surface area (Å²) in [6.07, 6.45) is 3.21. The summed E-state index contributed by atoms with van der Waals surface area (Å²) in [4.78, 5) is 0. The Morgan fingerprint density at radius 3 is 2.28 bits per heavy atom. The predicted molar refractivity (Wildman–Crippen MR) is 82.5 cm³/mol. The molecular weight excluding hydrogens is 356 g/mol. The number of hydrogen-bond acceptors (Lipinski definition) is 1. The Hall–Kier alpha value is 0.140. The van der Waals surface area contributed by atoms with Gasteiger partial charge in [0.05, 0.1) is 6.10 Å². The predicted octanol–water partition coefficient (Wildman–Crippen LogP) is 5.32. The SMILES string of the molecule is CC1CC(C)CC(C(O)c2ccc(Br)cc2Br)C1. The molecule has 0 amide bonds. The highest BCUT2D eigenvalue weighted by molar-refractivity contribution is 9.11. The van der Waals surface area contributed by atoms with E-state index in [0.717, 1.165) is 39.2 Å². The molecule has 1 aromatic carbocycles. The molecule has 0 aromatic heterocycles. The van der Waals surface area contributed by atoms with Crippen molar-refractivity contribution in [2.24, 2.45) is 17.8 Å². The van der Waals surface area contributed by atoms with Gasteiger partial charge in [-0.25, -0.2) is 0 Å². The molecule has 3 unspecified atom stereocenters. The fourth-order valence-electron chi connectivity index (χ4n) is 3.26. The van der Waals surface area contributed by atoms with E-state index in [0.29, 0.717) is 5.92 Å². The van der Waals surface area contributed by atoms with Crippen molar-refractivity contribution in [3.05, 3.63) is 32.7 Å². The lowest BCUT2D eigenvalue weighted by atomic mass is 9.73. The molecule has 1 saturated carbocycles. The zero-order valence-electron chi connectivity index (χ0n) is 10.9. The first kappa shape index (κ1) is 14.5. The third-order valence-electron chi connectivity index (χ3n) is 3.94. The highest BCUT2D eigenvalue weighted by Gasteiger charge is 2.30. The Kier molecular flexibility index (Phi) is 4.90. The summed E-state index contributed by atoms with van der Waals surface area (Å²) in [7, 11) is 0. The molecule has 100 valence electrons. The molecule has 0 saturated heterocycles. The molecule has 0 heterocycles. The molecule has 0 spiro atoms. The van der Waals surface area contributed by atoms with Gasteiger partial charge in [-0.05, 0) is 54.7 Å². The van der Waals surface area contributed by atoms with Gasteiger partial charge in [-0.1, -0.05) is 51.8 Å². The Bertz CT molecular complexity index is 409. The number of rotatable bonds is 2. The average molecular weight is 376 g/mol. The Morgan fingerprint density at radius 2 is 1.72 bits per heavy atom. The summed E-state index contributed by atoms with van der Waals surface area (Å²) in [5, 5.41) is 10.6. The van der Waals surface area contributed by atoms with Crippen molar-refractivity contribution in [2.45, 2.75) is 39.2 Å². The lowest BCUT2D eigenvalue weighted by molar-refractivity contribution is 0.0547. The molecule has 2 rings (SSSR count). The largest absolute Gasteiger partial charge is 0.388 e. The first-order chi connectivity index (χ1) is 8.47. The number of halogens is 2. The molecule has 0 bridgehead atoms. The summed E-state index contributed by atoms with van der Waals surface area (Å²) in [6.45, 7) is 4.60. The van der Waals surface area contributed by atoms with Crippen LogP contribution in [0.3, 0.4) is 0 Å². The summed E-state index contributed by atoms with van der Waals surface area (Å²) in [5.41, 5.74) is 1.02. The van der Waals surface area contributed by atoms with Gasteiger partial charge in [0, 0.05) is 8.95 Å². The van der Waals surface area contributed by atoms with Crippen LogP contribution in [0.15, 0.2) is 27.1 Å². The molecular formula is C15H20Br2O. The van der Waals surface area contributed by atoms with Gasteiger partial charge < -0.3 is 5.11 Å². The van der Waals surface area contributed by atoms with Crippen molar-refractivity contribution in [3.8, 4) is 0 Å². The van der Waals surface area contributed by atoms with E-state index in [2.05, 4.69) is 45.7 Å². The fraction of sp³-hybridized carbons (Fsp3) is 0.600. The van der Waals surface area contributed by atoms with Gasteiger partial charge in [-0.15, -0.1) is 0 Å². The van der Waals surface area contributed by atoms with Gasteiger partial charge >= 0.3 is 0 Å². The smallest absolute Gasteiger partial charge is 0.0829 e. The maximum absolute atomic E-state index is 10.6. The normalized spacial score (nSPS) is 30.2. The second-order valence-electron chi connectivity index (χ2n) is 5.79. The molecule has 3 atom stereocenters. The third kappa shape index (κ3) is 3.37. The number of aliphatic hydroxyl groups excluding tert-OH is 1. The summed E-state index contributed by atoms with van der Waals surface area (Å²) >= 11 is 7.00. The zero-order chi connectivity index (χ0) is 13.3. The number of benzene rings is 1. The van der Waals surface area contributed by atoms with E-state index in [-0.39, 0.29) is 6.10 Å². The molecule has 0 aliphatic heterocycles. The molecule has 3 heteroatoms. The maximum atomic E-state index is 10.6. The fourth-order valence-corrected chi connectivity index (χ4v) is 4.54. The topological polar surface area (TPSA) is 20.2 Å². The van der Waals surface area contributed by atoms with Crippen molar-refractivity contribution in [2.75, 3.05) is 0 Å². The zero-order valence-corrected chi connectivity index (χ0v) is 14.0. The minimum absolute atomic E-state index is 0.349. The first-order valence-corrected chi connectivity index (χ1v) is 8.19. The minimum atomic E-state index is -0.349. The van der Waals surface area contributed by atoms with E-state index in [4.69, 9.17) is 0 Å². The van der Waals surface area contributed by atoms with Crippen LogP contribution in [-0.4, -0.2) is 5.11 Å². The standard InChI is InChI=1S/C15H20Br2O/c1-9-5-10(2)7-11(6-9)15(18)13-4-3-12(16)8-14(13)17/h3-4,8-11,15,18H,5-7H2,1-2H3. The monoisotopic (exact) mass is 374 g/mol. The van der Waals surface area contributed by atoms with Crippen molar-refractivity contribution in [1.29, 1.82) is 0 Å². The summed E-state index contributed by atoms with van der Waals surface area (Å²) in [6, 6.07) is 6.02. The molecule has 1 aliphatic carbocycles. The molecule has 1 nitrogen and oxygen atoms in total. The van der Waals surface area contributed by atoms with Crippen LogP contribution in [0.25, 0.3) is 0 Å². The van der Waals surface area contributed by atoms with Crippen molar-refractivity contribution < 1.29 is 5.11 Å². The highest BCUT2D eigenvalue weighted by atomic mass is 79.9. The van der Waals surface area contributed by atoms with E-state index < -0.39 is 0 Å². The van der Waals surface area contributed by atoms with Crippen LogP contribution in [0, 0.1) is 17.8 Å². The average Bonchev–Trinajstić information content (AvgIpc) is 2.26. The second-order valence-corrected chi connectivity index (χ2v) is 7.56. The Morgan fingerprint density at radius 1 is 1.11 bits per heavy atom. The molecule has 1 fully saturated rings. The molecule has 1 N–H and O–H groups in total.